The molecule has 0 saturated carbocycles. The summed E-state index contributed by atoms with van der Waals surface area (Å²) >= 11 is 0. The van der Waals surface area contributed by atoms with E-state index in [1.165, 1.54) is 12.8 Å². The molecule has 22 heavy (non-hydrogen) atoms. The van der Waals surface area contributed by atoms with Crippen LogP contribution < -0.4 is 5.32 Å². The van der Waals surface area contributed by atoms with Crippen molar-refractivity contribution < 1.29 is 9.21 Å². The average molecular weight is 307 g/mol. The first-order chi connectivity index (χ1) is 10.7. The van der Waals surface area contributed by atoms with E-state index in [9.17, 15) is 4.79 Å². The van der Waals surface area contributed by atoms with E-state index >= 15 is 0 Å². The lowest BCUT2D eigenvalue weighted by molar-refractivity contribution is 0.0920. The minimum Gasteiger partial charge on any atom is -0.455 e. The number of hydrogen-bond donors (Lipinski definition) is 1. The lowest BCUT2D eigenvalue weighted by Gasteiger charge is -2.17. The van der Waals surface area contributed by atoms with Gasteiger partial charge < -0.3 is 14.6 Å². The molecule has 0 bridgehead atoms. The quantitative estimate of drug-likeness (QED) is 0.711. The summed E-state index contributed by atoms with van der Waals surface area (Å²) in [7, 11) is 0. The van der Waals surface area contributed by atoms with Gasteiger partial charge in [-0.05, 0) is 64.1 Å². The predicted octanol–water partition coefficient (Wildman–Crippen LogP) is 2.34. The first-order valence-corrected chi connectivity index (χ1v) is 8.54. The first-order valence-electron chi connectivity index (χ1n) is 8.54. The van der Waals surface area contributed by atoms with Gasteiger partial charge in [-0.2, -0.15) is 0 Å². The molecule has 0 aliphatic carbocycles. The maximum Gasteiger partial charge on any atom is 0.286 e. The molecule has 1 saturated heterocycles. The van der Waals surface area contributed by atoms with Crippen molar-refractivity contribution >= 4 is 5.91 Å². The number of likely N-dealkylation sites (tertiary alicyclic amines) is 1. The van der Waals surface area contributed by atoms with Gasteiger partial charge >= 0.3 is 0 Å². The van der Waals surface area contributed by atoms with E-state index in [0.717, 1.165) is 51.4 Å². The highest BCUT2D eigenvalue weighted by Gasteiger charge is 2.15. The number of furan rings is 1. The van der Waals surface area contributed by atoms with Crippen LogP contribution in [0.1, 0.15) is 49.4 Å². The van der Waals surface area contributed by atoms with Crippen molar-refractivity contribution in [1.29, 1.82) is 0 Å². The summed E-state index contributed by atoms with van der Waals surface area (Å²) in [6, 6.07) is 3.70. The molecule has 5 nitrogen and oxygen atoms in total. The van der Waals surface area contributed by atoms with Crippen LogP contribution in [0.25, 0.3) is 0 Å². The molecule has 1 amide bonds. The van der Waals surface area contributed by atoms with Crippen molar-refractivity contribution in [2.75, 3.05) is 39.3 Å². The van der Waals surface area contributed by atoms with Crippen molar-refractivity contribution in [3.8, 4) is 0 Å². The molecule has 0 aromatic carbocycles. The molecular formula is C17H29N3O2. The van der Waals surface area contributed by atoms with Crippen LogP contribution in [0.15, 0.2) is 16.5 Å². The minimum atomic E-state index is -0.104. The number of amides is 1. The molecule has 2 heterocycles. The summed E-state index contributed by atoms with van der Waals surface area (Å²) in [4.78, 5) is 16.8. The normalized spacial score (nSPS) is 15.6. The van der Waals surface area contributed by atoms with Gasteiger partial charge in [-0.25, -0.2) is 0 Å². The van der Waals surface area contributed by atoms with Crippen LogP contribution in [-0.4, -0.2) is 55.0 Å². The van der Waals surface area contributed by atoms with Gasteiger partial charge in [-0.15, -0.1) is 0 Å². The standard InChI is InChI=1S/C17H29N3O2/c1-3-19(4-2)13-7-10-18-17(21)16-9-8-15(22-16)14-20-11-5-6-12-20/h8-9H,3-7,10-14H2,1-2H3,(H,18,21). The third-order valence-electron chi connectivity index (χ3n) is 4.29. The molecule has 0 radical (unpaired) electrons. The van der Waals surface area contributed by atoms with Crippen molar-refractivity contribution in [3.63, 3.8) is 0 Å². The molecule has 5 heteroatoms. The molecule has 1 aromatic heterocycles. The number of hydrogen-bond acceptors (Lipinski definition) is 4. The molecule has 1 aliphatic heterocycles. The van der Waals surface area contributed by atoms with Crippen LogP contribution in [0.3, 0.4) is 0 Å². The summed E-state index contributed by atoms with van der Waals surface area (Å²) in [6.45, 7) is 11.2. The summed E-state index contributed by atoms with van der Waals surface area (Å²) in [5, 5.41) is 2.94. The fraction of sp³-hybridized carbons (Fsp3) is 0.706. The Bertz CT molecular complexity index is 449. The molecule has 2 rings (SSSR count). The predicted molar refractivity (Wildman–Crippen MR) is 88.0 cm³/mol. The smallest absolute Gasteiger partial charge is 0.286 e. The fourth-order valence-corrected chi connectivity index (χ4v) is 2.88. The topological polar surface area (TPSA) is 48.7 Å². The van der Waals surface area contributed by atoms with E-state index in [2.05, 4.69) is 29.0 Å². The number of carbonyl (C=O) groups is 1. The van der Waals surface area contributed by atoms with E-state index < -0.39 is 0 Å². The van der Waals surface area contributed by atoms with Crippen LogP contribution in [0.5, 0.6) is 0 Å². The second kappa shape index (κ2) is 8.96. The highest BCUT2D eigenvalue weighted by Crippen LogP contribution is 2.15. The van der Waals surface area contributed by atoms with Gasteiger partial charge in [-0.3, -0.25) is 9.69 Å². The number of nitrogens with one attached hydrogen (secondary N) is 1. The SMILES string of the molecule is CCN(CC)CCCNC(=O)c1ccc(CN2CCCC2)o1. The zero-order valence-electron chi connectivity index (χ0n) is 13.9. The van der Waals surface area contributed by atoms with Crippen LogP contribution in [0.4, 0.5) is 0 Å². The number of nitrogens with zero attached hydrogens (tertiary/aromatic N) is 2. The van der Waals surface area contributed by atoms with Gasteiger partial charge in [0.05, 0.1) is 6.54 Å². The van der Waals surface area contributed by atoms with Crippen LogP contribution >= 0.6 is 0 Å². The Labute approximate surface area is 133 Å². The van der Waals surface area contributed by atoms with E-state index in [0.29, 0.717) is 12.3 Å². The van der Waals surface area contributed by atoms with Crippen molar-refractivity contribution in [1.82, 2.24) is 15.1 Å². The minimum absolute atomic E-state index is 0.104. The fourth-order valence-electron chi connectivity index (χ4n) is 2.88. The van der Waals surface area contributed by atoms with E-state index in [4.69, 9.17) is 4.42 Å². The highest BCUT2D eigenvalue weighted by atomic mass is 16.4. The van der Waals surface area contributed by atoms with Gasteiger partial charge in [0.1, 0.15) is 5.76 Å². The summed E-state index contributed by atoms with van der Waals surface area (Å²) in [6.07, 6.45) is 3.50. The largest absolute Gasteiger partial charge is 0.455 e. The number of carbonyl (C=O) groups excluding carboxylic acids is 1. The summed E-state index contributed by atoms with van der Waals surface area (Å²) in [5.41, 5.74) is 0. The molecule has 1 aromatic rings. The first kappa shape index (κ1) is 17.0. The maximum absolute atomic E-state index is 12.0. The van der Waals surface area contributed by atoms with Crippen LogP contribution in [0.2, 0.25) is 0 Å². The second-order valence-corrected chi connectivity index (χ2v) is 5.89. The van der Waals surface area contributed by atoms with Gasteiger partial charge in [0, 0.05) is 6.54 Å². The van der Waals surface area contributed by atoms with E-state index in [1.54, 1.807) is 6.07 Å². The molecule has 0 unspecified atom stereocenters. The van der Waals surface area contributed by atoms with Crippen molar-refractivity contribution in [3.05, 3.63) is 23.7 Å². The molecule has 0 atom stereocenters. The van der Waals surface area contributed by atoms with Crippen LogP contribution in [0, 0.1) is 0 Å². The maximum atomic E-state index is 12.0. The molecule has 0 spiro atoms. The molecule has 1 aliphatic rings. The molecule has 1 N–H and O–H groups in total. The lowest BCUT2D eigenvalue weighted by Crippen LogP contribution is -2.29. The van der Waals surface area contributed by atoms with E-state index in [-0.39, 0.29) is 5.91 Å². The monoisotopic (exact) mass is 307 g/mol. The summed E-state index contributed by atoms with van der Waals surface area (Å²) < 4.78 is 5.66. The Morgan fingerprint density at radius 1 is 1.27 bits per heavy atom. The molecule has 1 fully saturated rings. The lowest BCUT2D eigenvalue weighted by atomic mass is 10.3. The molecule has 124 valence electrons. The van der Waals surface area contributed by atoms with Crippen molar-refractivity contribution in [2.45, 2.75) is 39.7 Å². The van der Waals surface area contributed by atoms with Gasteiger partial charge in [-0.1, -0.05) is 13.8 Å². The zero-order chi connectivity index (χ0) is 15.8. The average Bonchev–Trinajstić information content (AvgIpc) is 3.19. The third-order valence-corrected chi connectivity index (χ3v) is 4.29. The highest BCUT2D eigenvalue weighted by molar-refractivity contribution is 5.91. The van der Waals surface area contributed by atoms with Crippen LogP contribution in [-0.2, 0) is 6.54 Å². The Kier molecular flexibility index (Phi) is 6.93. The number of rotatable bonds is 9. The Morgan fingerprint density at radius 2 is 2.00 bits per heavy atom. The van der Waals surface area contributed by atoms with Gasteiger partial charge in [0.15, 0.2) is 5.76 Å². The van der Waals surface area contributed by atoms with Gasteiger partial charge in [0.25, 0.3) is 5.91 Å². The Hall–Kier alpha value is -1.33. The van der Waals surface area contributed by atoms with Crippen molar-refractivity contribution in [2.24, 2.45) is 0 Å². The Balaban J connectivity index is 1.70. The van der Waals surface area contributed by atoms with Gasteiger partial charge in [0.2, 0.25) is 0 Å². The van der Waals surface area contributed by atoms with E-state index in [1.807, 2.05) is 6.07 Å². The second-order valence-electron chi connectivity index (χ2n) is 5.89. The zero-order valence-corrected chi connectivity index (χ0v) is 13.9. The Morgan fingerprint density at radius 3 is 2.68 bits per heavy atom. The third kappa shape index (κ3) is 5.14. The summed E-state index contributed by atoms with van der Waals surface area (Å²) in [5.74, 6) is 1.21. The molecular weight excluding hydrogens is 278 g/mol.